The van der Waals surface area contributed by atoms with Crippen LogP contribution in [-0.2, 0) is 6.18 Å². The number of halogens is 3. The number of aromatic nitrogens is 1. The molecule has 0 amide bonds. The SMILES string of the molecule is CNc1cc(-c2ccc(OCCO)c(C(F)(F)F)c2)nc(C#N)c1N. The first-order valence-electron chi connectivity index (χ1n) is 7.15. The van der Waals surface area contributed by atoms with Gasteiger partial charge in [0.2, 0.25) is 0 Å². The highest BCUT2D eigenvalue weighted by Gasteiger charge is 2.35. The van der Waals surface area contributed by atoms with E-state index >= 15 is 0 Å². The summed E-state index contributed by atoms with van der Waals surface area (Å²) >= 11 is 0. The molecule has 0 radical (unpaired) electrons. The van der Waals surface area contributed by atoms with Crippen molar-refractivity contribution in [2.75, 3.05) is 31.3 Å². The van der Waals surface area contributed by atoms with E-state index in [1.54, 1.807) is 7.05 Å². The minimum absolute atomic E-state index is 0.0870. The number of nitriles is 1. The van der Waals surface area contributed by atoms with Gasteiger partial charge in [-0.05, 0) is 24.3 Å². The first kappa shape index (κ1) is 18.4. The Bertz CT molecular complexity index is 816. The lowest BCUT2D eigenvalue weighted by Crippen LogP contribution is -2.11. The minimum atomic E-state index is -4.65. The van der Waals surface area contributed by atoms with Crippen molar-refractivity contribution in [2.45, 2.75) is 6.18 Å². The molecule has 0 aliphatic heterocycles. The number of aliphatic hydroxyl groups excluding tert-OH is 1. The number of hydrogen-bond donors (Lipinski definition) is 3. The van der Waals surface area contributed by atoms with Crippen molar-refractivity contribution >= 4 is 11.4 Å². The summed E-state index contributed by atoms with van der Waals surface area (Å²) in [7, 11) is 1.57. The van der Waals surface area contributed by atoms with E-state index < -0.39 is 24.1 Å². The zero-order valence-corrected chi connectivity index (χ0v) is 13.2. The summed E-state index contributed by atoms with van der Waals surface area (Å²) in [4.78, 5) is 4.01. The number of benzene rings is 1. The number of alkyl halides is 3. The van der Waals surface area contributed by atoms with Crippen LogP contribution in [0.1, 0.15) is 11.3 Å². The van der Waals surface area contributed by atoms with E-state index in [9.17, 15) is 13.2 Å². The number of nitrogens with two attached hydrogens (primary N) is 1. The van der Waals surface area contributed by atoms with Crippen LogP contribution in [-0.4, -0.2) is 30.4 Å². The van der Waals surface area contributed by atoms with Crippen molar-refractivity contribution in [2.24, 2.45) is 0 Å². The van der Waals surface area contributed by atoms with Gasteiger partial charge in [-0.2, -0.15) is 18.4 Å². The second kappa shape index (κ2) is 7.27. The molecule has 6 nitrogen and oxygen atoms in total. The van der Waals surface area contributed by atoms with Crippen LogP contribution >= 0.6 is 0 Å². The molecule has 2 aromatic rings. The van der Waals surface area contributed by atoms with Crippen molar-refractivity contribution in [1.29, 1.82) is 5.26 Å². The molecule has 0 spiro atoms. The average Bonchev–Trinajstić information content (AvgIpc) is 2.59. The number of hydrogen-bond acceptors (Lipinski definition) is 6. The second-order valence-corrected chi connectivity index (χ2v) is 4.96. The summed E-state index contributed by atoms with van der Waals surface area (Å²) in [6.07, 6.45) is -4.65. The molecular formula is C16H15F3N4O2. The van der Waals surface area contributed by atoms with Gasteiger partial charge in [0.25, 0.3) is 0 Å². The lowest BCUT2D eigenvalue weighted by molar-refractivity contribution is -0.139. The largest absolute Gasteiger partial charge is 0.491 e. The fourth-order valence-electron chi connectivity index (χ4n) is 2.19. The van der Waals surface area contributed by atoms with E-state index in [1.165, 1.54) is 12.1 Å². The maximum absolute atomic E-state index is 13.3. The van der Waals surface area contributed by atoms with E-state index in [0.717, 1.165) is 12.1 Å². The van der Waals surface area contributed by atoms with Crippen molar-refractivity contribution in [3.63, 3.8) is 0 Å². The van der Waals surface area contributed by atoms with Crippen LogP contribution in [0.3, 0.4) is 0 Å². The zero-order chi connectivity index (χ0) is 18.6. The van der Waals surface area contributed by atoms with Crippen molar-refractivity contribution < 1.29 is 23.0 Å². The van der Waals surface area contributed by atoms with Crippen molar-refractivity contribution in [1.82, 2.24) is 4.98 Å². The number of ether oxygens (including phenoxy) is 1. The average molecular weight is 352 g/mol. The number of anilines is 2. The van der Waals surface area contributed by atoms with Gasteiger partial charge in [-0.3, -0.25) is 0 Å². The fraction of sp³-hybridized carbons (Fsp3) is 0.250. The Hall–Kier alpha value is -2.99. The quantitative estimate of drug-likeness (QED) is 0.764. The maximum atomic E-state index is 13.3. The number of nitrogens with zero attached hydrogens (tertiary/aromatic N) is 2. The zero-order valence-electron chi connectivity index (χ0n) is 13.2. The summed E-state index contributed by atoms with van der Waals surface area (Å²) in [5, 5.41) is 20.6. The van der Waals surface area contributed by atoms with Gasteiger partial charge < -0.3 is 20.9 Å². The van der Waals surface area contributed by atoms with Gasteiger partial charge in [0.05, 0.1) is 29.2 Å². The van der Waals surface area contributed by atoms with E-state index in [1.807, 2.05) is 6.07 Å². The molecule has 0 aliphatic carbocycles. The molecule has 1 heterocycles. The molecule has 0 fully saturated rings. The van der Waals surface area contributed by atoms with Crippen molar-refractivity contribution in [3.8, 4) is 23.1 Å². The highest BCUT2D eigenvalue weighted by atomic mass is 19.4. The molecule has 2 rings (SSSR count). The molecule has 132 valence electrons. The Kier molecular flexibility index (Phi) is 5.34. The highest BCUT2D eigenvalue weighted by molar-refractivity contribution is 5.77. The molecule has 25 heavy (non-hydrogen) atoms. The summed E-state index contributed by atoms with van der Waals surface area (Å²) in [6, 6.07) is 6.69. The Morgan fingerprint density at radius 1 is 1.36 bits per heavy atom. The Labute approximate surface area is 141 Å². The molecule has 9 heteroatoms. The highest BCUT2D eigenvalue weighted by Crippen LogP contribution is 2.39. The third-order valence-corrected chi connectivity index (χ3v) is 3.36. The lowest BCUT2D eigenvalue weighted by Gasteiger charge is -2.15. The molecule has 0 atom stereocenters. The van der Waals surface area contributed by atoms with Gasteiger partial charge in [0.15, 0.2) is 5.69 Å². The van der Waals surface area contributed by atoms with Gasteiger partial charge in [-0.25, -0.2) is 4.98 Å². The number of nitrogen functional groups attached to an aromatic ring is 1. The van der Waals surface area contributed by atoms with E-state index in [2.05, 4.69) is 10.3 Å². The van der Waals surface area contributed by atoms with Gasteiger partial charge in [-0.15, -0.1) is 0 Å². The third-order valence-electron chi connectivity index (χ3n) is 3.36. The summed E-state index contributed by atoms with van der Waals surface area (Å²) in [6.45, 7) is -0.666. The molecule has 1 aromatic heterocycles. The summed E-state index contributed by atoms with van der Waals surface area (Å²) in [5.74, 6) is -0.393. The van der Waals surface area contributed by atoms with Gasteiger partial charge in [0, 0.05) is 12.6 Å². The molecule has 0 saturated heterocycles. The van der Waals surface area contributed by atoms with Gasteiger partial charge in [0.1, 0.15) is 18.4 Å². The Balaban J connectivity index is 2.59. The number of aliphatic hydroxyl groups is 1. The standard InChI is InChI=1S/C16H15F3N4O2/c1-22-12-7-11(23-13(8-20)15(12)21)9-2-3-14(25-5-4-24)10(6-9)16(17,18)19/h2-3,6-7,24H,4-5,21H2,1H3,(H,22,23). The van der Waals surface area contributed by atoms with Crippen LogP contribution in [0.15, 0.2) is 24.3 Å². The fourth-order valence-corrected chi connectivity index (χ4v) is 2.19. The molecule has 0 aliphatic rings. The monoisotopic (exact) mass is 352 g/mol. The second-order valence-electron chi connectivity index (χ2n) is 4.96. The van der Waals surface area contributed by atoms with Crippen LogP contribution < -0.4 is 15.8 Å². The Morgan fingerprint density at radius 3 is 2.64 bits per heavy atom. The van der Waals surface area contributed by atoms with Gasteiger partial charge in [-0.1, -0.05) is 0 Å². The summed E-state index contributed by atoms with van der Waals surface area (Å²) in [5.41, 5.74) is 5.49. The molecule has 4 N–H and O–H groups in total. The molecular weight excluding hydrogens is 337 g/mol. The predicted molar refractivity (Wildman–Crippen MR) is 85.9 cm³/mol. The maximum Gasteiger partial charge on any atom is 0.419 e. The minimum Gasteiger partial charge on any atom is -0.491 e. The lowest BCUT2D eigenvalue weighted by atomic mass is 10.0. The number of pyridine rings is 1. The first-order valence-corrected chi connectivity index (χ1v) is 7.15. The molecule has 0 saturated carbocycles. The predicted octanol–water partition coefficient (Wildman–Crippen LogP) is 2.63. The third kappa shape index (κ3) is 3.92. The van der Waals surface area contributed by atoms with Crippen LogP contribution in [0.25, 0.3) is 11.3 Å². The van der Waals surface area contributed by atoms with Crippen LogP contribution in [0, 0.1) is 11.3 Å². The van der Waals surface area contributed by atoms with Crippen LogP contribution in [0.2, 0.25) is 0 Å². The van der Waals surface area contributed by atoms with Gasteiger partial charge >= 0.3 is 6.18 Å². The topological polar surface area (TPSA) is 104 Å². The molecule has 0 unspecified atom stereocenters. The van der Waals surface area contributed by atoms with E-state index in [-0.39, 0.29) is 29.2 Å². The summed E-state index contributed by atoms with van der Waals surface area (Å²) < 4.78 is 44.8. The first-order chi connectivity index (χ1) is 11.8. The smallest absolute Gasteiger partial charge is 0.419 e. The normalized spacial score (nSPS) is 11.0. The number of nitrogens with one attached hydrogen (secondary N) is 1. The van der Waals surface area contributed by atoms with Crippen LogP contribution in [0.5, 0.6) is 5.75 Å². The number of rotatable bonds is 5. The van der Waals surface area contributed by atoms with Crippen LogP contribution in [0.4, 0.5) is 24.5 Å². The van der Waals surface area contributed by atoms with Crippen molar-refractivity contribution in [3.05, 3.63) is 35.5 Å². The Morgan fingerprint density at radius 2 is 2.08 bits per heavy atom. The van der Waals surface area contributed by atoms with E-state index in [0.29, 0.717) is 5.69 Å². The van der Waals surface area contributed by atoms with E-state index in [4.69, 9.17) is 20.8 Å². The molecule has 1 aromatic carbocycles. The molecule has 0 bridgehead atoms.